The third-order valence-electron chi connectivity index (χ3n) is 4.57. The van der Waals surface area contributed by atoms with Crippen LogP contribution in [0.2, 0.25) is 0 Å². The minimum Gasteiger partial charge on any atom is -0.444 e. The van der Waals surface area contributed by atoms with E-state index in [4.69, 9.17) is 4.74 Å². The molecule has 0 spiro atoms. The Morgan fingerprint density at radius 1 is 1.03 bits per heavy atom. The van der Waals surface area contributed by atoms with Gasteiger partial charge in [0.15, 0.2) is 0 Å². The van der Waals surface area contributed by atoms with Gasteiger partial charge in [0.05, 0.1) is 0 Å². The third-order valence-corrected chi connectivity index (χ3v) is 4.57. The number of amides is 4. The molecule has 0 radical (unpaired) electrons. The van der Waals surface area contributed by atoms with Crippen molar-refractivity contribution in [3.8, 4) is 0 Å². The van der Waals surface area contributed by atoms with Crippen LogP contribution in [0.4, 0.5) is 10.5 Å². The summed E-state index contributed by atoms with van der Waals surface area (Å²) in [6.07, 6.45) is 0.295. The van der Waals surface area contributed by atoms with Crippen molar-refractivity contribution in [1.29, 1.82) is 0 Å². The number of rotatable bonds is 5. The summed E-state index contributed by atoms with van der Waals surface area (Å²) in [4.78, 5) is 51.7. The van der Waals surface area contributed by atoms with E-state index in [1.807, 2.05) is 0 Å². The number of hydrogen-bond donors (Lipinski definition) is 2. The second-order valence-electron chi connectivity index (χ2n) is 8.47. The van der Waals surface area contributed by atoms with E-state index in [0.29, 0.717) is 43.9 Å². The zero-order valence-corrected chi connectivity index (χ0v) is 18.7. The third kappa shape index (κ3) is 8.27. The van der Waals surface area contributed by atoms with Crippen molar-refractivity contribution in [2.24, 2.45) is 0 Å². The van der Waals surface area contributed by atoms with Crippen LogP contribution in [0.1, 0.15) is 50.9 Å². The average Bonchev–Trinajstić information content (AvgIpc) is 2.92. The molecule has 0 saturated carbocycles. The van der Waals surface area contributed by atoms with E-state index in [9.17, 15) is 19.2 Å². The summed E-state index contributed by atoms with van der Waals surface area (Å²) in [5, 5.41) is 5.26. The normalized spacial score (nSPS) is 14.5. The van der Waals surface area contributed by atoms with Crippen LogP contribution in [-0.2, 0) is 14.3 Å². The van der Waals surface area contributed by atoms with Gasteiger partial charge in [-0.15, -0.1) is 0 Å². The SMILES string of the molecule is CC(=O)Nc1cccc(C(=O)N2CCCN(C(=O)CCNC(=O)OC(C)(C)C)CC2)c1. The number of nitrogens with one attached hydrogen (secondary N) is 2. The molecule has 0 atom stereocenters. The smallest absolute Gasteiger partial charge is 0.407 e. The average molecular weight is 433 g/mol. The van der Waals surface area contributed by atoms with E-state index < -0.39 is 11.7 Å². The molecular weight excluding hydrogens is 400 g/mol. The highest BCUT2D eigenvalue weighted by molar-refractivity contribution is 5.96. The second kappa shape index (κ2) is 10.8. The van der Waals surface area contributed by atoms with Gasteiger partial charge in [0, 0.05) is 57.3 Å². The minimum atomic E-state index is -0.587. The van der Waals surface area contributed by atoms with Crippen molar-refractivity contribution in [2.75, 3.05) is 38.0 Å². The van der Waals surface area contributed by atoms with E-state index >= 15 is 0 Å². The lowest BCUT2D eigenvalue weighted by molar-refractivity contribution is -0.130. The van der Waals surface area contributed by atoms with Crippen LogP contribution < -0.4 is 10.6 Å². The van der Waals surface area contributed by atoms with Crippen LogP contribution in [-0.4, -0.2) is 71.9 Å². The van der Waals surface area contributed by atoms with Gasteiger partial charge in [0.25, 0.3) is 5.91 Å². The van der Waals surface area contributed by atoms with Crippen molar-refractivity contribution in [2.45, 2.75) is 46.1 Å². The van der Waals surface area contributed by atoms with Crippen molar-refractivity contribution >= 4 is 29.5 Å². The highest BCUT2D eigenvalue weighted by Crippen LogP contribution is 2.15. The first-order chi connectivity index (χ1) is 14.5. The maximum atomic E-state index is 12.9. The first-order valence-electron chi connectivity index (χ1n) is 10.5. The quantitative estimate of drug-likeness (QED) is 0.742. The lowest BCUT2D eigenvalue weighted by atomic mass is 10.1. The molecule has 1 aliphatic heterocycles. The summed E-state index contributed by atoms with van der Waals surface area (Å²) in [7, 11) is 0. The molecule has 2 rings (SSSR count). The van der Waals surface area contributed by atoms with Gasteiger partial charge in [-0.25, -0.2) is 4.79 Å². The summed E-state index contributed by atoms with van der Waals surface area (Å²) in [6.45, 7) is 8.90. The summed E-state index contributed by atoms with van der Waals surface area (Å²) >= 11 is 0. The Morgan fingerprint density at radius 2 is 1.71 bits per heavy atom. The van der Waals surface area contributed by atoms with Gasteiger partial charge in [-0.2, -0.15) is 0 Å². The maximum absolute atomic E-state index is 12.9. The van der Waals surface area contributed by atoms with Crippen LogP contribution in [0.5, 0.6) is 0 Å². The van der Waals surface area contributed by atoms with Crippen molar-refractivity contribution in [1.82, 2.24) is 15.1 Å². The number of carbonyl (C=O) groups excluding carboxylic acids is 4. The zero-order valence-electron chi connectivity index (χ0n) is 18.7. The zero-order chi connectivity index (χ0) is 23.0. The van der Waals surface area contributed by atoms with E-state index in [-0.39, 0.29) is 30.7 Å². The van der Waals surface area contributed by atoms with E-state index in [0.717, 1.165) is 0 Å². The second-order valence-corrected chi connectivity index (χ2v) is 8.47. The van der Waals surface area contributed by atoms with Crippen LogP contribution >= 0.6 is 0 Å². The van der Waals surface area contributed by atoms with E-state index in [1.165, 1.54) is 6.92 Å². The summed E-state index contributed by atoms with van der Waals surface area (Å²) in [5.41, 5.74) is 0.478. The Balaban J connectivity index is 1.84. The molecule has 1 aliphatic rings. The number of benzene rings is 1. The van der Waals surface area contributed by atoms with Crippen LogP contribution in [0, 0.1) is 0 Å². The lowest BCUT2D eigenvalue weighted by Gasteiger charge is -2.23. The molecule has 0 unspecified atom stereocenters. The fourth-order valence-electron chi connectivity index (χ4n) is 3.23. The molecule has 1 aromatic carbocycles. The van der Waals surface area contributed by atoms with Crippen LogP contribution in [0.25, 0.3) is 0 Å². The number of hydrogen-bond acceptors (Lipinski definition) is 5. The summed E-state index contributed by atoms with van der Waals surface area (Å²) < 4.78 is 5.15. The number of ether oxygens (including phenoxy) is 1. The number of nitrogens with zero attached hydrogens (tertiary/aromatic N) is 2. The molecule has 9 nitrogen and oxygen atoms in total. The summed E-state index contributed by atoms with van der Waals surface area (Å²) in [5.74, 6) is -0.402. The van der Waals surface area contributed by atoms with Crippen LogP contribution in [0.3, 0.4) is 0 Å². The molecule has 1 heterocycles. The van der Waals surface area contributed by atoms with Gasteiger partial charge in [0.1, 0.15) is 5.60 Å². The standard InChI is InChI=1S/C22H32N4O5/c1-16(27)24-18-8-5-7-17(15-18)20(29)26-12-6-11-25(13-14-26)19(28)9-10-23-21(30)31-22(2,3)4/h5,7-8,15H,6,9-14H2,1-4H3,(H,23,30)(H,24,27). The molecule has 0 bridgehead atoms. The highest BCUT2D eigenvalue weighted by atomic mass is 16.6. The molecule has 31 heavy (non-hydrogen) atoms. The molecule has 1 saturated heterocycles. The Bertz CT molecular complexity index is 818. The molecule has 9 heteroatoms. The Kier molecular flexibility index (Phi) is 8.41. The molecule has 1 aromatic rings. The van der Waals surface area contributed by atoms with Gasteiger partial charge in [-0.3, -0.25) is 14.4 Å². The molecule has 0 aliphatic carbocycles. The van der Waals surface area contributed by atoms with E-state index in [1.54, 1.807) is 54.8 Å². The van der Waals surface area contributed by atoms with Crippen molar-refractivity contribution < 1.29 is 23.9 Å². The highest BCUT2D eigenvalue weighted by Gasteiger charge is 2.23. The first kappa shape index (κ1) is 24.2. The fraction of sp³-hybridized carbons (Fsp3) is 0.545. The molecule has 4 amide bonds. The Morgan fingerprint density at radius 3 is 2.39 bits per heavy atom. The monoisotopic (exact) mass is 432 g/mol. The number of carbonyl (C=O) groups is 4. The lowest BCUT2D eigenvalue weighted by Crippen LogP contribution is -2.39. The van der Waals surface area contributed by atoms with Gasteiger partial charge >= 0.3 is 6.09 Å². The predicted molar refractivity (Wildman–Crippen MR) is 117 cm³/mol. The largest absolute Gasteiger partial charge is 0.444 e. The van der Waals surface area contributed by atoms with Crippen molar-refractivity contribution in [3.63, 3.8) is 0 Å². The molecule has 170 valence electrons. The molecule has 1 fully saturated rings. The van der Waals surface area contributed by atoms with Gasteiger partial charge in [-0.05, 0) is 45.4 Å². The summed E-state index contributed by atoms with van der Waals surface area (Å²) in [6, 6.07) is 6.82. The van der Waals surface area contributed by atoms with Gasteiger partial charge < -0.3 is 25.2 Å². The van der Waals surface area contributed by atoms with Gasteiger partial charge in [0.2, 0.25) is 11.8 Å². The van der Waals surface area contributed by atoms with E-state index in [2.05, 4.69) is 10.6 Å². The van der Waals surface area contributed by atoms with Crippen molar-refractivity contribution in [3.05, 3.63) is 29.8 Å². The molecule has 2 N–H and O–H groups in total. The topological polar surface area (TPSA) is 108 Å². The number of alkyl carbamates (subject to hydrolysis) is 1. The number of anilines is 1. The Labute approximate surface area is 183 Å². The first-order valence-corrected chi connectivity index (χ1v) is 10.5. The Hall–Kier alpha value is -3.10. The van der Waals surface area contributed by atoms with Crippen LogP contribution in [0.15, 0.2) is 24.3 Å². The minimum absolute atomic E-state index is 0.0713. The van der Waals surface area contributed by atoms with Gasteiger partial charge in [-0.1, -0.05) is 6.07 Å². The molecular formula is C22H32N4O5. The fourth-order valence-corrected chi connectivity index (χ4v) is 3.23. The predicted octanol–water partition coefficient (Wildman–Crippen LogP) is 2.23. The molecule has 0 aromatic heterocycles. The maximum Gasteiger partial charge on any atom is 0.407 e.